The van der Waals surface area contributed by atoms with Gasteiger partial charge in [-0.05, 0) is 70.8 Å². The highest BCUT2D eigenvalue weighted by molar-refractivity contribution is 5.66. The molecular formula is C27H26N2O. The van der Waals surface area contributed by atoms with Crippen LogP contribution in [0.1, 0.15) is 25.0 Å². The van der Waals surface area contributed by atoms with Crippen LogP contribution in [-0.2, 0) is 5.41 Å². The zero-order valence-corrected chi connectivity index (χ0v) is 17.3. The van der Waals surface area contributed by atoms with Gasteiger partial charge in [0.1, 0.15) is 11.5 Å². The van der Waals surface area contributed by atoms with Gasteiger partial charge < -0.3 is 16.2 Å². The van der Waals surface area contributed by atoms with Crippen molar-refractivity contribution in [3.63, 3.8) is 0 Å². The van der Waals surface area contributed by atoms with E-state index in [1.807, 2.05) is 48.5 Å². The molecule has 4 N–H and O–H groups in total. The predicted molar refractivity (Wildman–Crippen MR) is 126 cm³/mol. The van der Waals surface area contributed by atoms with E-state index in [0.717, 1.165) is 28.4 Å². The van der Waals surface area contributed by atoms with Gasteiger partial charge >= 0.3 is 0 Å². The monoisotopic (exact) mass is 394 g/mol. The number of hydrogen-bond donors (Lipinski definition) is 2. The van der Waals surface area contributed by atoms with E-state index in [2.05, 4.69) is 62.4 Å². The Hall–Kier alpha value is -3.72. The van der Waals surface area contributed by atoms with Gasteiger partial charge in [0.05, 0.1) is 0 Å². The summed E-state index contributed by atoms with van der Waals surface area (Å²) in [5.41, 5.74) is 17.7. The molecule has 0 aromatic heterocycles. The van der Waals surface area contributed by atoms with Gasteiger partial charge in [0.25, 0.3) is 0 Å². The number of ether oxygens (including phenoxy) is 1. The molecule has 0 radical (unpaired) electrons. The number of rotatable bonds is 5. The van der Waals surface area contributed by atoms with Crippen LogP contribution in [0.2, 0.25) is 0 Å². The van der Waals surface area contributed by atoms with Crippen molar-refractivity contribution in [2.24, 2.45) is 0 Å². The minimum absolute atomic E-state index is 0.126. The number of nitrogens with two attached hydrogens (primary N) is 2. The highest BCUT2D eigenvalue weighted by Crippen LogP contribution is 2.34. The third-order valence-electron chi connectivity index (χ3n) is 5.54. The lowest BCUT2D eigenvalue weighted by atomic mass is 9.78. The molecule has 0 aliphatic carbocycles. The molecule has 4 aromatic rings. The lowest BCUT2D eigenvalue weighted by Gasteiger charge is -2.26. The van der Waals surface area contributed by atoms with Crippen molar-refractivity contribution in [2.75, 3.05) is 11.5 Å². The summed E-state index contributed by atoms with van der Waals surface area (Å²) >= 11 is 0. The number of benzene rings is 4. The van der Waals surface area contributed by atoms with Crippen LogP contribution in [0, 0.1) is 0 Å². The Labute approximate surface area is 177 Å². The van der Waals surface area contributed by atoms with Crippen LogP contribution in [0.3, 0.4) is 0 Å². The summed E-state index contributed by atoms with van der Waals surface area (Å²) in [7, 11) is 0. The van der Waals surface area contributed by atoms with Crippen LogP contribution < -0.4 is 16.2 Å². The summed E-state index contributed by atoms with van der Waals surface area (Å²) in [6.07, 6.45) is 0. The Balaban J connectivity index is 1.52. The highest BCUT2D eigenvalue weighted by atomic mass is 16.5. The van der Waals surface area contributed by atoms with Gasteiger partial charge in [0.2, 0.25) is 0 Å². The third kappa shape index (κ3) is 4.15. The van der Waals surface area contributed by atoms with Gasteiger partial charge in [-0.2, -0.15) is 0 Å². The van der Waals surface area contributed by atoms with Gasteiger partial charge in [-0.15, -0.1) is 0 Å². The molecule has 0 fully saturated rings. The van der Waals surface area contributed by atoms with Crippen molar-refractivity contribution in [1.29, 1.82) is 0 Å². The summed E-state index contributed by atoms with van der Waals surface area (Å²) in [6.45, 7) is 4.47. The summed E-state index contributed by atoms with van der Waals surface area (Å²) in [4.78, 5) is 0. The van der Waals surface area contributed by atoms with Gasteiger partial charge in [-0.3, -0.25) is 0 Å². The molecule has 0 saturated carbocycles. The SMILES string of the molecule is CC(C)(c1ccc(Oc2ccc(N)cc2)cc1)c1ccc(-c2ccc(N)cc2)cc1. The Kier molecular flexibility index (Phi) is 5.20. The number of anilines is 2. The molecule has 0 saturated heterocycles. The molecule has 0 unspecified atom stereocenters. The Morgan fingerprint density at radius 3 is 1.30 bits per heavy atom. The smallest absolute Gasteiger partial charge is 0.127 e. The molecule has 0 aliphatic rings. The molecule has 0 amide bonds. The van der Waals surface area contributed by atoms with Crippen LogP contribution in [0.25, 0.3) is 11.1 Å². The Morgan fingerprint density at radius 2 is 0.833 bits per heavy atom. The van der Waals surface area contributed by atoms with Crippen molar-refractivity contribution in [3.8, 4) is 22.6 Å². The summed E-state index contributed by atoms with van der Waals surface area (Å²) in [6, 6.07) is 32.4. The maximum atomic E-state index is 5.92. The molecule has 4 rings (SSSR count). The number of hydrogen-bond acceptors (Lipinski definition) is 3. The molecule has 3 heteroatoms. The van der Waals surface area contributed by atoms with Crippen molar-refractivity contribution in [1.82, 2.24) is 0 Å². The van der Waals surface area contributed by atoms with Gasteiger partial charge in [0, 0.05) is 16.8 Å². The van der Waals surface area contributed by atoms with E-state index in [9.17, 15) is 0 Å². The maximum Gasteiger partial charge on any atom is 0.127 e. The van der Waals surface area contributed by atoms with E-state index in [0.29, 0.717) is 0 Å². The standard InChI is InChI=1S/C27H26N2O/c1-27(2,21-7-3-19(4-8-21)20-5-11-23(28)12-6-20)22-9-15-25(16-10-22)30-26-17-13-24(29)14-18-26/h3-18H,28-29H2,1-2H3. The van der Waals surface area contributed by atoms with Crippen LogP contribution in [0.5, 0.6) is 11.5 Å². The molecular weight excluding hydrogens is 368 g/mol. The Morgan fingerprint density at radius 1 is 0.500 bits per heavy atom. The molecule has 0 heterocycles. The summed E-state index contributed by atoms with van der Waals surface area (Å²) in [5, 5.41) is 0. The van der Waals surface area contributed by atoms with Crippen LogP contribution in [-0.4, -0.2) is 0 Å². The predicted octanol–water partition coefficient (Wildman–Crippen LogP) is 6.64. The maximum absolute atomic E-state index is 5.92. The van der Waals surface area contributed by atoms with E-state index >= 15 is 0 Å². The normalized spacial score (nSPS) is 11.3. The van der Waals surface area contributed by atoms with E-state index in [1.54, 1.807) is 0 Å². The second-order valence-corrected chi connectivity index (χ2v) is 8.02. The first kappa shape index (κ1) is 19.6. The molecule has 3 nitrogen and oxygen atoms in total. The molecule has 0 atom stereocenters. The first-order chi connectivity index (χ1) is 14.4. The van der Waals surface area contributed by atoms with Crippen molar-refractivity contribution >= 4 is 11.4 Å². The molecule has 30 heavy (non-hydrogen) atoms. The second kappa shape index (κ2) is 7.96. The van der Waals surface area contributed by atoms with Crippen LogP contribution in [0.15, 0.2) is 97.1 Å². The lowest BCUT2D eigenvalue weighted by Crippen LogP contribution is -2.18. The molecule has 4 aromatic carbocycles. The van der Waals surface area contributed by atoms with E-state index in [-0.39, 0.29) is 5.41 Å². The molecule has 0 bridgehead atoms. The first-order valence-corrected chi connectivity index (χ1v) is 10.0. The number of nitrogen functional groups attached to an aromatic ring is 2. The minimum Gasteiger partial charge on any atom is -0.457 e. The summed E-state index contributed by atoms with van der Waals surface area (Å²) < 4.78 is 5.92. The fourth-order valence-electron chi connectivity index (χ4n) is 3.53. The van der Waals surface area contributed by atoms with Crippen molar-refractivity contribution < 1.29 is 4.74 Å². The fourth-order valence-corrected chi connectivity index (χ4v) is 3.53. The van der Waals surface area contributed by atoms with Gasteiger partial charge in [-0.1, -0.05) is 62.4 Å². The van der Waals surface area contributed by atoms with Gasteiger partial charge in [0.15, 0.2) is 0 Å². The first-order valence-electron chi connectivity index (χ1n) is 10.0. The van der Waals surface area contributed by atoms with E-state index < -0.39 is 0 Å². The van der Waals surface area contributed by atoms with Crippen molar-refractivity contribution in [3.05, 3.63) is 108 Å². The van der Waals surface area contributed by atoms with Crippen LogP contribution >= 0.6 is 0 Å². The molecule has 0 aliphatic heterocycles. The molecule has 0 spiro atoms. The molecule has 150 valence electrons. The Bertz CT molecular complexity index is 1110. The third-order valence-corrected chi connectivity index (χ3v) is 5.54. The van der Waals surface area contributed by atoms with Crippen LogP contribution in [0.4, 0.5) is 11.4 Å². The van der Waals surface area contributed by atoms with E-state index in [1.165, 1.54) is 16.7 Å². The average molecular weight is 395 g/mol. The zero-order valence-electron chi connectivity index (χ0n) is 17.3. The highest BCUT2D eigenvalue weighted by Gasteiger charge is 2.23. The largest absolute Gasteiger partial charge is 0.457 e. The zero-order chi connectivity index (χ0) is 21.1. The average Bonchev–Trinajstić information content (AvgIpc) is 2.76. The minimum atomic E-state index is -0.126. The van der Waals surface area contributed by atoms with Gasteiger partial charge in [-0.25, -0.2) is 0 Å². The van der Waals surface area contributed by atoms with E-state index in [4.69, 9.17) is 16.2 Å². The second-order valence-electron chi connectivity index (χ2n) is 8.02. The quantitative estimate of drug-likeness (QED) is 0.373. The topological polar surface area (TPSA) is 61.3 Å². The van der Waals surface area contributed by atoms with Crippen molar-refractivity contribution in [2.45, 2.75) is 19.3 Å². The lowest BCUT2D eigenvalue weighted by molar-refractivity contribution is 0.482. The fraction of sp³-hybridized carbons (Fsp3) is 0.111. The summed E-state index contributed by atoms with van der Waals surface area (Å²) in [5.74, 6) is 1.58.